The molecule has 1 fully saturated rings. The molecular formula is C13H23N3O4. The number of aliphatic carboxylic acids is 1. The number of hydrogen-bond donors (Lipinski definition) is 3. The lowest BCUT2D eigenvalue weighted by Crippen LogP contribution is -2.51. The highest BCUT2D eigenvalue weighted by molar-refractivity contribution is 5.83. The second-order valence-corrected chi connectivity index (χ2v) is 5.63. The molecule has 4 N–H and O–H groups in total. The molecule has 1 aliphatic heterocycles. The molecule has 1 aliphatic rings. The van der Waals surface area contributed by atoms with Crippen LogP contribution in [0, 0.1) is 11.8 Å². The Morgan fingerprint density at radius 3 is 2.25 bits per heavy atom. The number of amides is 3. The first-order chi connectivity index (χ1) is 9.31. The molecule has 114 valence electrons. The number of primary amides is 1. The van der Waals surface area contributed by atoms with E-state index in [0.717, 1.165) is 0 Å². The van der Waals surface area contributed by atoms with Gasteiger partial charge in [0, 0.05) is 19.0 Å². The molecule has 7 nitrogen and oxygen atoms in total. The first kappa shape index (κ1) is 16.3. The van der Waals surface area contributed by atoms with Crippen molar-refractivity contribution >= 4 is 17.9 Å². The van der Waals surface area contributed by atoms with Crippen LogP contribution >= 0.6 is 0 Å². The van der Waals surface area contributed by atoms with E-state index in [2.05, 4.69) is 5.32 Å². The van der Waals surface area contributed by atoms with Crippen LogP contribution in [0.15, 0.2) is 0 Å². The first-order valence-electron chi connectivity index (χ1n) is 6.88. The van der Waals surface area contributed by atoms with Crippen LogP contribution in [0.2, 0.25) is 0 Å². The summed E-state index contributed by atoms with van der Waals surface area (Å²) >= 11 is 0. The van der Waals surface area contributed by atoms with Gasteiger partial charge >= 0.3 is 12.0 Å². The average molecular weight is 285 g/mol. The van der Waals surface area contributed by atoms with E-state index in [-0.39, 0.29) is 23.8 Å². The van der Waals surface area contributed by atoms with E-state index in [4.69, 9.17) is 10.8 Å². The molecule has 1 saturated heterocycles. The summed E-state index contributed by atoms with van der Waals surface area (Å²) in [5.41, 5.74) is 5.23. The van der Waals surface area contributed by atoms with E-state index >= 15 is 0 Å². The van der Waals surface area contributed by atoms with E-state index in [1.165, 1.54) is 4.90 Å². The Hall–Kier alpha value is -1.79. The third-order valence-electron chi connectivity index (χ3n) is 3.49. The van der Waals surface area contributed by atoms with Gasteiger partial charge in [-0.2, -0.15) is 0 Å². The van der Waals surface area contributed by atoms with E-state index in [9.17, 15) is 14.4 Å². The zero-order valence-corrected chi connectivity index (χ0v) is 12.0. The standard InChI is InChI=1S/C13H23N3O4/c1-8(2)7-10(12(18)19)15-13(20)16-5-3-9(4-6-16)11(14)17/h8-10H,3-7H2,1-2H3,(H2,14,17)(H,15,20)(H,18,19). The topological polar surface area (TPSA) is 113 Å². The predicted molar refractivity (Wildman–Crippen MR) is 72.9 cm³/mol. The maximum atomic E-state index is 12.0. The van der Waals surface area contributed by atoms with E-state index in [0.29, 0.717) is 32.4 Å². The summed E-state index contributed by atoms with van der Waals surface area (Å²) in [6.45, 7) is 4.65. The second kappa shape index (κ2) is 7.12. The van der Waals surface area contributed by atoms with E-state index in [1.807, 2.05) is 13.8 Å². The number of nitrogens with zero attached hydrogens (tertiary/aromatic N) is 1. The van der Waals surface area contributed by atoms with Crippen molar-refractivity contribution in [3.05, 3.63) is 0 Å². The minimum absolute atomic E-state index is 0.178. The van der Waals surface area contributed by atoms with Gasteiger partial charge in [0.15, 0.2) is 0 Å². The number of carbonyl (C=O) groups is 3. The zero-order valence-electron chi connectivity index (χ0n) is 12.0. The van der Waals surface area contributed by atoms with Crippen molar-refractivity contribution in [2.75, 3.05) is 13.1 Å². The van der Waals surface area contributed by atoms with Gasteiger partial charge in [-0.1, -0.05) is 13.8 Å². The van der Waals surface area contributed by atoms with Crippen LogP contribution in [0.1, 0.15) is 33.1 Å². The predicted octanol–water partition coefficient (Wildman–Crippen LogP) is 0.393. The van der Waals surface area contributed by atoms with Gasteiger partial charge in [-0.05, 0) is 25.2 Å². The van der Waals surface area contributed by atoms with Crippen LogP contribution in [-0.2, 0) is 9.59 Å². The summed E-state index contributed by atoms with van der Waals surface area (Å²) in [6.07, 6.45) is 1.45. The highest BCUT2D eigenvalue weighted by Gasteiger charge is 2.28. The van der Waals surface area contributed by atoms with Crippen LogP contribution in [0.3, 0.4) is 0 Å². The number of carbonyl (C=O) groups excluding carboxylic acids is 2. The van der Waals surface area contributed by atoms with Crippen LogP contribution in [0.25, 0.3) is 0 Å². The van der Waals surface area contributed by atoms with Gasteiger partial charge in [0.05, 0.1) is 0 Å². The minimum Gasteiger partial charge on any atom is -0.480 e. The summed E-state index contributed by atoms with van der Waals surface area (Å²) in [7, 11) is 0. The zero-order chi connectivity index (χ0) is 15.3. The van der Waals surface area contributed by atoms with Crippen molar-refractivity contribution in [2.24, 2.45) is 17.6 Å². The average Bonchev–Trinajstić information content (AvgIpc) is 2.37. The van der Waals surface area contributed by atoms with Crippen LogP contribution in [-0.4, -0.2) is 47.0 Å². The molecule has 20 heavy (non-hydrogen) atoms. The smallest absolute Gasteiger partial charge is 0.326 e. The Balaban J connectivity index is 2.50. The van der Waals surface area contributed by atoms with Gasteiger partial charge in [-0.15, -0.1) is 0 Å². The van der Waals surface area contributed by atoms with E-state index in [1.54, 1.807) is 0 Å². The fraction of sp³-hybridized carbons (Fsp3) is 0.769. The largest absolute Gasteiger partial charge is 0.480 e. The molecule has 0 saturated carbocycles. The number of piperidine rings is 1. The molecule has 0 aliphatic carbocycles. The van der Waals surface area contributed by atoms with Crippen molar-refractivity contribution in [1.82, 2.24) is 10.2 Å². The van der Waals surface area contributed by atoms with Gasteiger partial charge in [-0.25, -0.2) is 9.59 Å². The Kier molecular flexibility index (Phi) is 5.79. The highest BCUT2D eigenvalue weighted by Crippen LogP contribution is 2.17. The monoisotopic (exact) mass is 285 g/mol. The van der Waals surface area contributed by atoms with Crippen molar-refractivity contribution in [3.8, 4) is 0 Å². The van der Waals surface area contributed by atoms with Gasteiger partial charge in [0.1, 0.15) is 6.04 Å². The van der Waals surface area contributed by atoms with Gasteiger partial charge < -0.3 is 21.1 Å². The highest BCUT2D eigenvalue weighted by atomic mass is 16.4. The molecule has 0 spiro atoms. The third kappa shape index (κ3) is 4.71. The molecule has 3 amide bonds. The molecular weight excluding hydrogens is 262 g/mol. The van der Waals surface area contributed by atoms with Gasteiger partial charge in [0.2, 0.25) is 5.91 Å². The Bertz CT molecular complexity index is 376. The molecule has 0 aromatic carbocycles. The third-order valence-corrected chi connectivity index (χ3v) is 3.49. The lowest BCUT2D eigenvalue weighted by Gasteiger charge is -2.31. The quantitative estimate of drug-likeness (QED) is 0.678. The number of rotatable bonds is 5. The molecule has 0 radical (unpaired) electrons. The Morgan fingerprint density at radius 1 is 1.30 bits per heavy atom. The number of carboxylic acids is 1. The number of nitrogens with two attached hydrogens (primary N) is 1. The fourth-order valence-electron chi connectivity index (χ4n) is 2.30. The SMILES string of the molecule is CC(C)CC(NC(=O)N1CCC(C(N)=O)CC1)C(=O)O. The summed E-state index contributed by atoms with van der Waals surface area (Å²) in [6, 6.07) is -1.27. The number of urea groups is 1. The number of carboxylic acid groups (broad SMARTS) is 1. The molecule has 1 heterocycles. The second-order valence-electron chi connectivity index (χ2n) is 5.63. The number of hydrogen-bond acceptors (Lipinski definition) is 3. The minimum atomic E-state index is -1.03. The lowest BCUT2D eigenvalue weighted by molar-refractivity contribution is -0.139. The summed E-state index contributed by atoms with van der Waals surface area (Å²) in [5, 5.41) is 11.6. The van der Waals surface area contributed by atoms with Crippen LogP contribution in [0.5, 0.6) is 0 Å². The molecule has 0 aromatic rings. The maximum Gasteiger partial charge on any atom is 0.326 e. The molecule has 7 heteroatoms. The summed E-state index contributed by atoms with van der Waals surface area (Å²) in [4.78, 5) is 35.7. The maximum absolute atomic E-state index is 12.0. The normalized spacial score (nSPS) is 17.9. The Labute approximate surface area is 118 Å². The molecule has 0 bridgehead atoms. The molecule has 1 unspecified atom stereocenters. The van der Waals surface area contributed by atoms with Crippen molar-refractivity contribution in [3.63, 3.8) is 0 Å². The van der Waals surface area contributed by atoms with E-state index < -0.39 is 12.0 Å². The van der Waals surface area contributed by atoms with Crippen molar-refractivity contribution in [2.45, 2.75) is 39.2 Å². The van der Waals surface area contributed by atoms with Gasteiger partial charge in [0.25, 0.3) is 0 Å². The van der Waals surface area contributed by atoms with Gasteiger partial charge in [-0.3, -0.25) is 4.79 Å². The van der Waals surface area contributed by atoms with Crippen LogP contribution in [0.4, 0.5) is 4.79 Å². The van der Waals surface area contributed by atoms with Crippen molar-refractivity contribution < 1.29 is 19.5 Å². The van der Waals surface area contributed by atoms with Crippen LogP contribution < -0.4 is 11.1 Å². The van der Waals surface area contributed by atoms with Crippen molar-refractivity contribution in [1.29, 1.82) is 0 Å². The first-order valence-corrected chi connectivity index (χ1v) is 6.88. The molecule has 1 rings (SSSR count). The summed E-state index contributed by atoms with van der Waals surface area (Å²) < 4.78 is 0. The molecule has 0 aromatic heterocycles. The molecule has 1 atom stereocenters. The fourth-order valence-corrected chi connectivity index (χ4v) is 2.30. The Morgan fingerprint density at radius 2 is 1.85 bits per heavy atom. The summed E-state index contributed by atoms with van der Waals surface area (Å²) in [5.74, 6) is -1.38. The number of likely N-dealkylation sites (tertiary alicyclic amines) is 1. The lowest BCUT2D eigenvalue weighted by atomic mass is 9.96. The number of nitrogens with one attached hydrogen (secondary N) is 1.